The molecule has 5 rings (SSSR count). The number of ketones is 2. The molecule has 0 radical (unpaired) electrons. The van der Waals surface area contributed by atoms with Crippen LogP contribution in [-0.2, 0) is 6.42 Å². The molecule has 2 aromatic carbocycles. The van der Waals surface area contributed by atoms with Crippen molar-refractivity contribution >= 4 is 28.3 Å². The van der Waals surface area contributed by atoms with Crippen LogP contribution in [0.1, 0.15) is 50.5 Å². The first-order chi connectivity index (χ1) is 15.5. The molecule has 8 nitrogen and oxygen atoms in total. The first-order valence-electron chi connectivity index (χ1n) is 10.3. The molecular weight excluding hydrogens is 408 g/mol. The second kappa shape index (κ2) is 7.49. The molecular formula is C24H18N4O4. The topological polar surface area (TPSA) is 108 Å². The van der Waals surface area contributed by atoms with Crippen LogP contribution in [0, 0.1) is 17.0 Å². The largest absolute Gasteiger partial charge is 0.294 e. The van der Waals surface area contributed by atoms with Crippen molar-refractivity contribution in [1.82, 2.24) is 14.8 Å². The maximum absolute atomic E-state index is 13.7. The number of aromatic nitrogens is 3. The van der Waals surface area contributed by atoms with Crippen LogP contribution in [-0.4, -0.2) is 31.3 Å². The van der Waals surface area contributed by atoms with Crippen molar-refractivity contribution in [3.63, 3.8) is 0 Å². The second-order valence-electron chi connectivity index (χ2n) is 7.75. The van der Waals surface area contributed by atoms with Crippen molar-refractivity contribution in [2.75, 3.05) is 0 Å². The summed E-state index contributed by atoms with van der Waals surface area (Å²) < 4.78 is 1.69. The van der Waals surface area contributed by atoms with E-state index in [4.69, 9.17) is 4.98 Å². The van der Waals surface area contributed by atoms with E-state index >= 15 is 0 Å². The molecule has 0 amide bonds. The summed E-state index contributed by atoms with van der Waals surface area (Å²) in [5.74, 6) is -0.479. The van der Waals surface area contributed by atoms with Gasteiger partial charge in [0.2, 0.25) is 0 Å². The fraction of sp³-hybridized carbons (Fsp3) is 0.167. The van der Waals surface area contributed by atoms with E-state index < -0.39 is 4.92 Å². The number of nitro groups is 1. The van der Waals surface area contributed by atoms with E-state index in [2.05, 4.69) is 5.10 Å². The normalized spacial score (nSPS) is 13.2. The summed E-state index contributed by atoms with van der Waals surface area (Å²) >= 11 is 0. The molecule has 0 bridgehead atoms. The van der Waals surface area contributed by atoms with Crippen LogP contribution in [0.3, 0.4) is 0 Å². The molecule has 0 saturated heterocycles. The van der Waals surface area contributed by atoms with Gasteiger partial charge in [-0.15, -0.1) is 0 Å². The third kappa shape index (κ3) is 3.08. The minimum Gasteiger partial charge on any atom is -0.294 e. The number of fused-ring (bicyclic) bond motifs is 2. The smallest absolute Gasteiger partial charge is 0.269 e. The Labute approximate surface area is 182 Å². The lowest BCUT2D eigenvalue weighted by Crippen LogP contribution is -2.19. The van der Waals surface area contributed by atoms with Gasteiger partial charge in [-0.25, -0.2) is 9.67 Å². The van der Waals surface area contributed by atoms with E-state index in [0.717, 1.165) is 5.69 Å². The number of hydrogen-bond acceptors (Lipinski definition) is 6. The molecule has 2 heterocycles. The number of nitrogens with zero attached hydrogens (tertiary/aromatic N) is 4. The average Bonchev–Trinajstić information content (AvgIpc) is 3.14. The van der Waals surface area contributed by atoms with E-state index in [1.54, 1.807) is 11.6 Å². The van der Waals surface area contributed by atoms with Gasteiger partial charge in [-0.1, -0.05) is 18.2 Å². The van der Waals surface area contributed by atoms with Crippen molar-refractivity contribution in [1.29, 1.82) is 0 Å². The van der Waals surface area contributed by atoms with Gasteiger partial charge in [0.15, 0.2) is 17.2 Å². The molecule has 158 valence electrons. The molecule has 4 aromatic rings. The molecule has 0 fully saturated rings. The van der Waals surface area contributed by atoms with E-state index in [0.29, 0.717) is 47.2 Å². The highest BCUT2D eigenvalue weighted by molar-refractivity contribution is 6.22. The molecule has 32 heavy (non-hydrogen) atoms. The second-order valence-corrected chi connectivity index (χ2v) is 7.75. The summed E-state index contributed by atoms with van der Waals surface area (Å²) in [7, 11) is 0. The number of carbonyl (C=O) groups is 2. The molecule has 0 saturated carbocycles. The zero-order chi connectivity index (χ0) is 22.4. The number of aryl methyl sites for hydroxylation is 2. The third-order valence-corrected chi connectivity index (χ3v) is 5.73. The standard InChI is InChI=1S/C24H18N4O4/c1-14-20-22(23(30)15-10-12-17(13-11-15)28(31)32)21-18(8-5-9-19(21)29)25-24(20)27(26-14)16-6-3-2-4-7-16/h2-4,6-7,10-13H,5,8-9H2,1H3. The number of carbonyl (C=O) groups excluding carboxylic acids is 2. The number of pyridine rings is 1. The molecule has 0 aliphatic heterocycles. The minimum absolute atomic E-state index is 0.104. The monoisotopic (exact) mass is 426 g/mol. The van der Waals surface area contributed by atoms with Crippen molar-refractivity contribution in [3.05, 3.63) is 92.8 Å². The predicted molar refractivity (Wildman–Crippen MR) is 117 cm³/mol. The highest BCUT2D eigenvalue weighted by Gasteiger charge is 2.31. The number of Topliss-reactive ketones (excluding diaryl/α,β-unsaturated/α-hetero) is 1. The van der Waals surface area contributed by atoms with Gasteiger partial charge < -0.3 is 0 Å². The highest BCUT2D eigenvalue weighted by atomic mass is 16.6. The van der Waals surface area contributed by atoms with Gasteiger partial charge in [0.1, 0.15) is 0 Å². The van der Waals surface area contributed by atoms with Gasteiger partial charge in [0, 0.05) is 29.7 Å². The Hall–Kier alpha value is -4.20. The van der Waals surface area contributed by atoms with Gasteiger partial charge in [-0.05, 0) is 44.0 Å². The van der Waals surface area contributed by atoms with Crippen molar-refractivity contribution < 1.29 is 14.5 Å². The van der Waals surface area contributed by atoms with Crippen LogP contribution in [0.4, 0.5) is 5.69 Å². The molecule has 0 unspecified atom stereocenters. The maximum atomic E-state index is 13.7. The third-order valence-electron chi connectivity index (χ3n) is 5.73. The first kappa shape index (κ1) is 19.7. The SMILES string of the molecule is Cc1nn(-c2ccccc2)c2nc3c(c(C(=O)c4ccc([N+](=O)[O-])cc4)c12)C(=O)CCC3. The quantitative estimate of drug-likeness (QED) is 0.272. The zero-order valence-corrected chi connectivity index (χ0v) is 17.2. The molecule has 1 aliphatic carbocycles. The highest BCUT2D eigenvalue weighted by Crippen LogP contribution is 2.34. The maximum Gasteiger partial charge on any atom is 0.269 e. The summed E-state index contributed by atoms with van der Waals surface area (Å²) in [5, 5.41) is 16.2. The number of rotatable bonds is 4. The van der Waals surface area contributed by atoms with Crippen LogP contribution in [0.25, 0.3) is 16.7 Å². The van der Waals surface area contributed by atoms with Crippen molar-refractivity contribution in [3.8, 4) is 5.69 Å². The molecule has 8 heteroatoms. The molecule has 1 aliphatic rings. The molecule has 0 N–H and O–H groups in total. The van der Waals surface area contributed by atoms with Crippen LogP contribution in [0.2, 0.25) is 0 Å². The first-order valence-corrected chi connectivity index (χ1v) is 10.3. The van der Waals surface area contributed by atoms with Gasteiger partial charge in [0.05, 0.1) is 32.9 Å². The van der Waals surface area contributed by atoms with Gasteiger partial charge >= 0.3 is 0 Å². The Balaban J connectivity index is 1.79. The van der Waals surface area contributed by atoms with E-state index in [1.807, 2.05) is 30.3 Å². The molecule has 2 aromatic heterocycles. The van der Waals surface area contributed by atoms with E-state index in [9.17, 15) is 19.7 Å². The molecule has 0 atom stereocenters. The average molecular weight is 426 g/mol. The predicted octanol–water partition coefficient (Wildman–Crippen LogP) is 4.39. The van der Waals surface area contributed by atoms with Crippen LogP contribution >= 0.6 is 0 Å². The minimum atomic E-state index is -0.516. The Kier molecular flexibility index (Phi) is 4.62. The van der Waals surface area contributed by atoms with Crippen molar-refractivity contribution in [2.45, 2.75) is 26.2 Å². The lowest BCUT2D eigenvalue weighted by molar-refractivity contribution is -0.384. The fourth-order valence-corrected chi connectivity index (χ4v) is 4.24. The van der Waals surface area contributed by atoms with Crippen LogP contribution in [0.5, 0.6) is 0 Å². The number of nitro benzene ring substituents is 1. The lowest BCUT2D eigenvalue weighted by atomic mass is 9.86. The van der Waals surface area contributed by atoms with Crippen LogP contribution in [0.15, 0.2) is 54.6 Å². The van der Waals surface area contributed by atoms with Crippen molar-refractivity contribution in [2.24, 2.45) is 0 Å². The molecule has 0 spiro atoms. The van der Waals surface area contributed by atoms with Crippen LogP contribution < -0.4 is 0 Å². The van der Waals surface area contributed by atoms with Gasteiger partial charge in [0.25, 0.3) is 5.69 Å². The van der Waals surface area contributed by atoms with Gasteiger partial charge in [-0.3, -0.25) is 19.7 Å². The number of non-ortho nitro benzene ring substituents is 1. The lowest BCUT2D eigenvalue weighted by Gasteiger charge is -2.18. The van der Waals surface area contributed by atoms with Gasteiger partial charge in [-0.2, -0.15) is 5.10 Å². The Morgan fingerprint density at radius 2 is 1.78 bits per heavy atom. The Morgan fingerprint density at radius 1 is 1.06 bits per heavy atom. The van der Waals surface area contributed by atoms with E-state index in [1.165, 1.54) is 24.3 Å². The summed E-state index contributed by atoms with van der Waals surface area (Å²) in [6, 6.07) is 14.9. The summed E-state index contributed by atoms with van der Waals surface area (Å²) in [6.07, 6.45) is 1.62. The number of para-hydroxylation sites is 1. The summed E-state index contributed by atoms with van der Waals surface area (Å²) in [6.45, 7) is 1.79. The number of benzene rings is 2. The fourth-order valence-electron chi connectivity index (χ4n) is 4.24. The Bertz CT molecular complexity index is 1410. The zero-order valence-electron chi connectivity index (χ0n) is 17.2. The number of hydrogen-bond donors (Lipinski definition) is 0. The summed E-state index contributed by atoms with van der Waals surface area (Å²) in [5.41, 5.74) is 3.30. The van der Waals surface area contributed by atoms with E-state index in [-0.39, 0.29) is 28.4 Å². The Morgan fingerprint density at radius 3 is 2.47 bits per heavy atom. The summed E-state index contributed by atoms with van der Waals surface area (Å²) in [4.78, 5) is 41.8.